The van der Waals surface area contributed by atoms with E-state index in [0.717, 1.165) is 68.9 Å². The van der Waals surface area contributed by atoms with Gasteiger partial charge >= 0.3 is 18.1 Å². The monoisotopic (exact) mass is 714 g/mol. The maximum Gasteiger partial charge on any atom is 0.373 e. The van der Waals surface area contributed by atoms with E-state index in [1.807, 2.05) is 0 Å². The van der Waals surface area contributed by atoms with Crippen LogP contribution < -0.4 is 0 Å². The molecule has 7 nitrogen and oxygen atoms in total. The van der Waals surface area contributed by atoms with Gasteiger partial charge in [0.2, 0.25) is 0 Å². The van der Waals surface area contributed by atoms with E-state index in [1.165, 1.54) is 5.56 Å². The van der Waals surface area contributed by atoms with Crippen LogP contribution >= 0.6 is 0 Å². The van der Waals surface area contributed by atoms with Crippen molar-refractivity contribution in [3.05, 3.63) is 47.0 Å². The van der Waals surface area contributed by atoms with Crippen LogP contribution in [0.1, 0.15) is 132 Å². The maximum atomic E-state index is 13.9. The molecular weight excluding hydrogens is 652 g/mol. The zero-order chi connectivity index (χ0) is 38.2. The molecule has 284 valence electrons. The number of rotatable bonds is 6. The molecule has 7 heteroatoms. The minimum absolute atomic E-state index is 0.00844. The van der Waals surface area contributed by atoms with Crippen molar-refractivity contribution in [1.29, 1.82) is 0 Å². The van der Waals surface area contributed by atoms with Crippen molar-refractivity contribution in [2.75, 3.05) is 0 Å². The number of carbonyl (C=O) groups is 3. The second-order valence-electron chi connectivity index (χ2n) is 19.9. The second-order valence-corrected chi connectivity index (χ2v) is 19.9. The largest absolute Gasteiger partial charge is 0.481 e. The van der Waals surface area contributed by atoms with Gasteiger partial charge in [-0.25, -0.2) is 0 Å². The molecule has 0 spiro atoms. The van der Waals surface area contributed by atoms with E-state index in [4.69, 9.17) is 14.3 Å². The van der Waals surface area contributed by atoms with E-state index >= 15 is 0 Å². The van der Waals surface area contributed by atoms with Crippen molar-refractivity contribution in [2.24, 2.45) is 68.0 Å². The van der Waals surface area contributed by atoms with Gasteiger partial charge in [-0.15, -0.1) is 0 Å². The van der Waals surface area contributed by atoms with E-state index in [1.54, 1.807) is 0 Å². The lowest BCUT2D eigenvalue weighted by Gasteiger charge is -2.72. The first kappa shape index (κ1) is 38.7. The molecule has 1 aromatic rings. The molecule has 5 fully saturated rings. The van der Waals surface area contributed by atoms with Gasteiger partial charge in [0, 0.05) is 11.8 Å². The van der Waals surface area contributed by atoms with Crippen molar-refractivity contribution >= 4 is 23.9 Å². The minimum atomic E-state index is -1.01. The summed E-state index contributed by atoms with van der Waals surface area (Å²) in [5.74, 6) is 0.879. The van der Waals surface area contributed by atoms with E-state index in [0.29, 0.717) is 24.2 Å². The molecule has 7 rings (SSSR count). The molecule has 0 amide bonds. The standard InChI is InChI=1S/C44H62O5.CO2/c1-26(2)35-31(45)25-44(38(47)48)22-21-42(8)29(36(35)44)15-16-33-41(7)19-18-34(40(5,6)32(41)17-20-43(33,42)9)49-37(46)30-24-28(39(30,3)4)23-27-13-11-10-12-14-27;2-1-3/h10-14,26,28-30,32-34H,15-25H2,1-9H3,(H,47,48);/t28-,29-,30-,32+,33-,34+,41+,42-,43-,44-;/m1./s1. The molecule has 5 saturated carbocycles. The van der Waals surface area contributed by atoms with E-state index < -0.39 is 11.4 Å². The SMILES string of the molecule is CC(C)C1=C2[C@H]3CC[C@@H]4[C@@]5(C)CC[C@H](OC(=O)[C@H]6C[C@@H](Cc7ccccc7)C6(C)C)C(C)(C)[C@@H]5CC[C@@]4(C)[C@]3(C)CC[C@@]2(C(=O)O)CC1=O.O=C=O. The fourth-order valence-corrected chi connectivity index (χ4v) is 13.9. The fraction of sp³-hybridized carbons (Fsp3) is 0.733. The highest BCUT2D eigenvalue weighted by molar-refractivity contribution is 6.05. The number of carboxylic acids is 1. The summed E-state index contributed by atoms with van der Waals surface area (Å²) in [7, 11) is 0. The molecule has 0 unspecified atom stereocenters. The Morgan fingerprint density at radius 3 is 2.10 bits per heavy atom. The first-order valence-electron chi connectivity index (χ1n) is 20.0. The highest BCUT2D eigenvalue weighted by Gasteiger charge is 2.71. The minimum Gasteiger partial charge on any atom is -0.481 e. The zero-order valence-corrected chi connectivity index (χ0v) is 33.1. The summed E-state index contributed by atoms with van der Waals surface area (Å²) >= 11 is 0. The van der Waals surface area contributed by atoms with Crippen LogP contribution in [0, 0.1) is 68.0 Å². The van der Waals surface area contributed by atoms with Crippen LogP contribution in [0.5, 0.6) is 0 Å². The molecule has 6 aliphatic carbocycles. The number of benzene rings is 1. The topological polar surface area (TPSA) is 115 Å². The van der Waals surface area contributed by atoms with Crippen molar-refractivity contribution < 1.29 is 33.8 Å². The number of ketones is 1. The number of hydrogen-bond donors (Lipinski definition) is 1. The Labute approximate surface area is 311 Å². The van der Waals surface area contributed by atoms with Crippen LogP contribution in [0.25, 0.3) is 0 Å². The Kier molecular flexibility index (Phi) is 9.71. The van der Waals surface area contributed by atoms with E-state index in [-0.39, 0.29) is 75.3 Å². The van der Waals surface area contributed by atoms with Gasteiger partial charge in [-0.05, 0) is 132 Å². The van der Waals surface area contributed by atoms with Gasteiger partial charge in [-0.3, -0.25) is 14.4 Å². The molecule has 6 aliphatic rings. The van der Waals surface area contributed by atoms with Gasteiger partial charge in [0.1, 0.15) is 6.10 Å². The lowest BCUT2D eigenvalue weighted by atomic mass is 9.33. The Balaban J connectivity index is 0.00000150. The zero-order valence-electron chi connectivity index (χ0n) is 33.1. The summed E-state index contributed by atoms with van der Waals surface area (Å²) in [5.41, 5.74) is 2.10. The van der Waals surface area contributed by atoms with Crippen LogP contribution in [-0.2, 0) is 35.1 Å². The van der Waals surface area contributed by atoms with E-state index in [2.05, 4.69) is 92.6 Å². The van der Waals surface area contributed by atoms with Gasteiger partial charge in [0.25, 0.3) is 0 Å². The number of allylic oxidation sites excluding steroid dienone is 1. The molecule has 0 aliphatic heterocycles. The van der Waals surface area contributed by atoms with Crippen LogP contribution in [-0.4, -0.2) is 35.1 Å². The Bertz CT molecular complexity index is 1660. The maximum absolute atomic E-state index is 13.9. The quantitative estimate of drug-likeness (QED) is 0.292. The third-order valence-corrected chi connectivity index (χ3v) is 17.1. The van der Waals surface area contributed by atoms with Gasteiger partial charge in [0.15, 0.2) is 5.78 Å². The Morgan fingerprint density at radius 1 is 0.846 bits per heavy atom. The molecule has 0 radical (unpaired) electrons. The average molecular weight is 715 g/mol. The van der Waals surface area contributed by atoms with Gasteiger partial charge in [-0.1, -0.05) is 92.6 Å². The molecule has 0 bridgehead atoms. The second kappa shape index (κ2) is 13.1. The molecule has 1 N–H and O–H groups in total. The normalized spacial score (nSPS) is 41.2. The highest BCUT2D eigenvalue weighted by Crippen LogP contribution is 2.76. The third-order valence-electron chi connectivity index (χ3n) is 17.1. The number of carboxylic acid groups (broad SMARTS) is 1. The van der Waals surface area contributed by atoms with Gasteiger partial charge in [0.05, 0.1) is 11.3 Å². The molecule has 0 heterocycles. The van der Waals surface area contributed by atoms with Crippen LogP contribution in [0.15, 0.2) is 41.5 Å². The number of hydrogen-bond acceptors (Lipinski definition) is 6. The van der Waals surface area contributed by atoms with E-state index in [9.17, 15) is 19.5 Å². The van der Waals surface area contributed by atoms with Gasteiger partial charge < -0.3 is 9.84 Å². The first-order chi connectivity index (χ1) is 24.3. The number of fused-ring (bicyclic) bond motifs is 7. The number of aliphatic carboxylic acids is 1. The molecule has 52 heavy (non-hydrogen) atoms. The average Bonchev–Trinajstić information content (AvgIpc) is 3.39. The van der Waals surface area contributed by atoms with Gasteiger partial charge in [-0.2, -0.15) is 9.59 Å². The van der Waals surface area contributed by atoms with Crippen molar-refractivity contribution in [1.82, 2.24) is 0 Å². The molecule has 0 aromatic heterocycles. The molecule has 0 saturated heterocycles. The molecule has 10 atom stereocenters. The Hall–Kier alpha value is -3.05. The molecule has 1 aromatic carbocycles. The van der Waals surface area contributed by atoms with Crippen LogP contribution in [0.4, 0.5) is 0 Å². The summed E-state index contributed by atoms with van der Waals surface area (Å²) in [6.45, 7) is 21.0. The first-order valence-corrected chi connectivity index (χ1v) is 20.0. The number of Topliss-reactive ketones (excluding diaryl/α,β-unsaturated/α-hetero) is 1. The smallest absolute Gasteiger partial charge is 0.373 e. The van der Waals surface area contributed by atoms with Crippen molar-refractivity contribution in [3.63, 3.8) is 0 Å². The van der Waals surface area contributed by atoms with Crippen LogP contribution in [0.2, 0.25) is 0 Å². The van der Waals surface area contributed by atoms with Crippen molar-refractivity contribution in [2.45, 2.75) is 139 Å². The summed E-state index contributed by atoms with van der Waals surface area (Å²) in [5, 5.41) is 10.7. The van der Waals surface area contributed by atoms with Crippen molar-refractivity contribution in [3.8, 4) is 0 Å². The lowest BCUT2D eigenvalue weighted by molar-refractivity contribution is -0.236. The highest BCUT2D eigenvalue weighted by atomic mass is 16.5. The fourth-order valence-electron chi connectivity index (χ4n) is 13.9. The predicted octanol–water partition coefficient (Wildman–Crippen LogP) is 9.29. The summed E-state index contributed by atoms with van der Waals surface area (Å²) in [4.78, 5) is 56.6. The summed E-state index contributed by atoms with van der Waals surface area (Å²) in [6.07, 6.45) is 9.87. The molecular formula is C45H62O7. The number of esters is 1. The number of ether oxygens (including phenoxy) is 1. The predicted molar refractivity (Wildman–Crippen MR) is 197 cm³/mol. The summed E-state index contributed by atoms with van der Waals surface area (Å²) < 4.78 is 6.60. The summed E-state index contributed by atoms with van der Waals surface area (Å²) in [6, 6.07) is 10.6. The number of carbonyl (C=O) groups excluding carboxylic acids is 4. The third kappa shape index (κ3) is 5.44. The van der Waals surface area contributed by atoms with Crippen LogP contribution in [0.3, 0.4) is 0 Å². The lowest BCUT2D eigenvalue weighted by Crippen LogP contribution is -2.66. The Morgan fingerprint density at radius 2 is 1.50 bits per heavy atom.